The molecule has 21 heavy (non-hydrogen) atoms. The first-order chi connectivity index (χ1) is 10.2. The van der Waals surface area contributed by atoms with E-state index in [1.54, 1.807) is 12.1 Å². The lowest BCUT2D eigenvalue weighted by Crippen LogP contribution is -2.19. The first kappa shape index (κ1) is 18.0. The molecule has 0 amide bonds. The molecule has 2 nitrogen and oxygen atoms in total. The van der Waals surface area contributed by atoms with Crippen LogP contribution in [0.5, 0.6) is 5.75 Å². The molecule has 1 rings (SSSR count). The monoisotopic (exact) mass is 295 g/mol. The van der Waals surface area contributed by atoms with E-state index in [-0.39, 0.29) is 11.9 Å². The molecule has 0 heterocycles. The number of unbranched alkanes of at least 4 members (excludes halogenated alkanes) is 5. The molecule has 0 saturated carbocycles. The Labute approximate surface area is 129 Å². The van der Waals surface area contributed by atoms with Gasteiger partial charge in [-0.1, -0.05) is 46.0 Å². The van der Waals surface area contributed by atoms with Crippen LogP contribution in [0.4, 0.5) is 4.39 Å². The Balaban J connectivity index is 2.43. The summed E-state index contributed by atoms with van der Waals surface area (Å²) < 4.78 is 19.3. The largest absolute Gasteiger partial charge is 0.493 e. The van der Waals surface area contributed by atoms with Gasteiger partial charge in [-0.2, -0.15) is 0 Å². The van der Waals surface area contributed by atoms with Crippen LogP contribution < -0.4 is 10.1 Å². The third-order valence-corrected chi connectivity index (χ3v) is 3.70. The SMILES string of the molecule is CCCCCCCCOc1ccc(F)cc1C(C)NCC. The van der Waals surface area contributed by atoms with Gasteiger partial charge in [0.15, 0.2) is 0 Å². The van der Waals surface area contributed by atoms with E-state index in [2.05, 4.69) is 12.2 Å². The van der Waals surface area contributed by atoms with Crippen LogP contribution in [0.25, 0.3) is 0 Å². The molecule has 0 aliphatic heterocycles. The third kappa shape index (κ3) is 6.94. The van der Waals surface area contributed by atoms with Gasteiger partial charge in [-0.3, -0.25) is 0 Å². The van der Waals surface area contributed by atoms with Gasteiger partial charge in [0.2, 0.25) is 0 Å². The molecule has 0 bridgehead atoms. The van der Waals surface area contributed by atoms with Crippen LogP contribution in [0, 0.1) is 5.82 Å². The first-order valence-corrected chi connectivity index (χ1v) is 8.34. The van der Waals surface area contributed by atoms with Crippen molar-refractivity contribution in [2.45, 2.75) is 65.3 Å². The van der Waals surface area contributed by atoms with E-state index in [4.69, 9.17) is 4.74 Å². The van der Waals surface area contributed by atoms with Gasteiger partial charge in [0.1, 0.15) is 11.6 Å². The summed E-state index contributed by atoms with van der Waals surface area (Å²) in [6, 6.07) is 4.89. The molecule has 0 aromatic heterocycles. The maximum absolute atomic E-state index is 13.4. The molecule has 1 unspecified atom stereocenters. The molecule has 1 aromatic carbocycles. The van der Waals surface area contributed by atoms with Crippen LogP contribution in [0.3, 0.4) is 0 Å². The molecule has 3 heteroatoms. The van der Waals surface area contributed by atoms with Crippen LogP contribution in [-0.4, -0.2) is 13.2 Å². The molecule has 0 saturated heterocycles. The van der Waals surface area contributed by atoms with Gasteiger partial charge < -0.3 is 10.1 Å². The number of ether oxygens (including phenoxy) is 1. The van der Waals surface area contributed by atoms with Crippen molar-refractivity contribution in [3.63, 3.8) is 0 Å². The Morgan fingerprint density at radius 3 is 2.52 bits per heavy atom. The van der Waals surface area contributed by atoms with Crippen LogP contribution in [0.15, 0.2) is 18.2 Å². The maximum atomic E-state index is 13.4. The predicted octanol–water partition coefficient (Wildman–Crippen LogP) is 5.24. The van der Waals surface area contributed by atoms with E-state index in [0.717, 1.165) is 24.3 Å². The lowest BCUT2D eigenvalue weighted by molar-refractivity contribution is 0.298. The molecule has 1 atom stereocenters. The topological polar surface area (TPSA) is 21.3 Å². The minimum absolute atomic E-state index is 0.102. The Morgan fingerprint density at radius 1 is 1.10 bits per heavy atom. The Kier molecular flexibility index (Phi) is 9.07. The number of hydrogen-bond acceptors (Lipinski definition) is 2. The zero-order chi connectivity index (χ0) is 15.5. The summed E-state index contributed by atoms with van der Waals surface area (Å²) in [5.74, 6) is 0.597. The summed E-state index contributed by atoms with van der Waals surface area (Å²) >= 11 is 0. The van der Waals surface area contributed by atoms with Gasteiger partial charge in [-0.05, 0) is 38.1 Å². The van der Waals surface area contributed by atoms with Crippen LogP contribution in [-0.2, 0) is 0 Å². The van der Waals surface area contributed by atoms with Gasteiger partial charge in [-0.15, -0.1) is 0 Å². The van der Waals surface area contributed by atoms with Gasteiger partial charge >= 0.3 is 0 Å². The van der Waals surface area contributed by atoms with Crippen molar-refractivity contribution in [1.29, 1.82) is 0 Å². The third-order valence-electron chi connectivity index (χ3n) is 3.70. The Bertz CT molecular complexity index is 395. The molecule has 0 aliphatic rings. The van der Waals surface area contributed by atoms with Gasteiger partial charge in [0.25, 0.3) is 0 Å². The molecular formula is C18H30FNO. The molecule has 120 valence electrons. The second-order valence-corrected chi connectivity index (χ2v) is 5.58. The van der Waals surface area contributed by atoms with Crippen molar-refractivity contribution in [3.05, 3.63) is 29.6 Å². The highest BCUT2D eigenvalue weighted by Gasteiger charge is 2.12. The number of rotatable bonds is 11. The van der Waals surface area contributed by atoms with Gasteiger partial charge in [0, 0.05) is 11.6 Å². The van der Waals surface area contributed by atoms with Crippen molar-refractivity contribution < 1.29 is 9.13 Å². The molecule has 1 N–H and O–H groups in total. The van der Waals surface area contributed by atoms with Crippen LogP contribution >= 0.6 is 0 Å². The minimum atomic E-state index is -0.207. The summed E-state index contributed by atoms with van der Waals surface area (Å²) in [5, 5.41) is 3.31. The minimum Gasteiger partial charge on any atom is -0.493 e. The fourth-order valence-corrected chi connectivity index (χ4v) is 2.47. The van der Waals surface area contributed by atoms with Crippen molar-refractivity contribution in [2.75, 3.05) is 13.2 Å². The summed E-state index contributed by atoms with van der Waals surface area (Å²) in [4.78, 5) is 0. The zero-order valence-electron chi connectivity index (χ0n) is 13.8. The standard InChI is InChI=1S/C18H30FNO/c1-4-6-7-8-9-10-13-21-18-12-11-16(19)14-17(18)15(3)20-5-2/h11-12,14-15,20H,4-10,13H2,1-3H3. The van der Waals surface area contributed by atoms with Crippen LogP contribution in [0.1, 0.15) is 70.9 Å². The van der Waals surface area contributed by atoms with E-state index in [1.807, 2.05) is 13.8 Å². The first-order valence-electron chi connectivity index (χ1n) is 8.34. The zero-order valence-corrected chi connectivity index (χ0v) is 13.8. The summed E-state index contributed by atoms with van der Waals surface area (Å²) in [6.07, 6.45) is 7.47. The maximum Gasteiger partial charge on any atom is 0.124 e. The average Bonchev–Trinajstić information content (AvgIpc) is 2.47. The molecule has 0 aliphatic carbocycles. The smallest absolute Gasteiger partial charge is 0.124 e. The lowest BCUT2D eigenvalue weighted by Gasteiger charge is -2.18. The number of halogens is 1. The van der Waals surface area contributed by atoms with Crippen molar-refractivity contribution in [2.24, 2.45) is 0 Å². The number of hydrogen-bond donors (Lipinski definition) is 1. The van der Waals surface area contributed by atoms with Crippen molar-refractivity contribution in [3.8, 4) is 5.75 Å². The number of nitrogens with one attached hydrogen (secondary N) is 1. The molecule has 0 spiro atoms. The van der Waals surface area contributed by atoms with E-state index < -0.39 is 0 Å². The highest BCUT2D eigenvalue weighted by atomic mass is 19.1. The summed E-state index contributed by atoms with van der Waals surface area (Å²) in [7, 11) is 0. The predicted molar refractivity (Wildman–Crippen MR) is 87.4 cm³/mol. The average molecular weight is 295 g/mol. The fourth-order valence-electron chi connectivity index (χ4n) is 2.47. The van der Waals surface area contributed by atoms with E-state index in [0.29, 0.717) is 6.61 Å². The Morgan fingerprint density at radius 2 is 1.81 bits per heavy atom. The summed E-state index contributed by atoms with van der Waals surface area (Å²) in [5.41, 5.74) is 0.905. The molecular weight excluding hydrogens is 265 g/mol. The van der Waals surface area contributed by atoms with E-state index >= 15 is 0 Å². The van der Waals surface area contributed by atoms with Gasteiger partial charge in [-0.25, -0.2) is 4.39 Å². The number of benzene rings is 1. The quantitative estimate of drug-likeness (QED) is 0.564. The summed E-state index contributed by atoms with van der Waals surface area (Å²) in [6.45, 7) is 7.88. The van der Waals surface area contributed by atoms with E-state index in [1.165, 1.54) is 38.2 Å². The molecule has 0 radical (unpaired) electrons. The molecule has 1 aromatic rings. The second-order valence-electron chi connectivity index (χ2n) is 5.58. The van der Waals surface area contributed by atoms with Gasteiger partial charge in [0.05, 0.1) is 6.61 Å². The normalized spacial score (nSPS) is 12.4. The Hall–Kier alpha value is -1.09. The highest BCUT2D eigenvalue weighted by Crippen LogP contribution is 2.26. The second kappa shape index (κ2) is 10.6. The van der Waals surface area contributed by atoms with Crippen LogP contribution in [0.2, 0.25) is 0 Å². The molecule has 0 fully saturated rings. The highest BCUT2D eigenvalue weighted by molar-refractivity contribution is 5.36. The van der Waals surface area contributed by atoms with E-state index in [9.17, 15) is 4.39 Å². The fraction of sp³-hybridized carbons (Fsp3) is 0.667. The van der Waals surface area contributed by atoms with Crippen molar-refractivity contribution >= 4 is 0 Å². The lowest BCUT2D eigenvalue weighted by atomic mass is 10.1. The van der Waals surface area contributed by atoms with Crippen molar-refractivity contribution in [1.82, 2.24) is 5.32 Å².